The van der Waals surface area contributed by atoms with Crippen molar-refractivity contribution in [1.29, 1.82) is 0 Å². The number of ether oxygens (including phenoxy) is 3. The summed E-state index contributed by atoms with van der Waals surface area (Å²) in [5.41, 5.74) is 4.98. The van der Waals surface area contributed by atoms with E-state index in [0.717, 1.165) is 11.5 Å². The Morgan fingerprint density at radius 2 is 1.33 bits per heavy atom. The Morgan fingerprint density at radius 1 is 0.778 bits per heavy atom. The van der Waals surface area contributed by atoms with E-state index in [1.165, 1.54) is 22.3 Å². The summed E-state index contributed by atoms with van der Waals surface area (Å²) in [5.74, 6) is 2.22. The van der Waals surface area contributed by atoms with Gasteiger partial charge in [-0.05, 0) is 34.4 Å². The van der Waals surface area contributed by atoms with Gasteiger partial charge in [0.2, 0.25) is 0 Å². The number of benzene rings is 2. The maximum atomic E-state index is 6.24. The quantitative estimate of drug-likeness (QED) is 0.808. The molecule has 1 aliphatic heterocycles. The summed E-state index contributed by atoms with van der Waals surface area (Å²) in [6.07, 6.45) is 4.65. The van der Waals surface area contributed by atoms with E-state index >= 15 is 0 Å². The van der Waals surface area contributed by atoms with E-state index in [9.17, 15) is 0 Å². The minimum absolute atomic E-state index is 0.0480. The Kier molecular flexibility index (Phi) is 2.90. The molecule has 2 aromatic rings. The number of hydrogen-bond donors (Lipinski definition) is 0. The van der Waals surface area contributed by atoms with Crippen LogP contribution in [0.4, 0.5) is 0 Å². The van der Waals surface area contributed by atoms with Crippen LogP contribution in [0.25, 0.3) is 0 Å². The van der Waals surface area contributed by atoms with Gasteiger partial charge in [-0.15, -0.1) is 0 Å². The maximum Gasteiger partial charge on any atom is 0.104 e. The molecule has 0 N–H and O–H groups in total. The van der Waals surface area contributed by atoms with Gasteiger partial charge >= 0.3 is 0 Å². The van der Waals surface area contributed by atoms with Crippen molar-refractivity contribution in [3.8, 4) is 0 Å². The van der Waals surface area contributed by atoms with Gasteiger partial charge in [-0.2, -0.15) is 0 Å². The van der Waals surface area contributed by atoms with Crippen molar-refractivity contribution in [3.05, 3.63) is 94.5 Å². The van der Waals surface area contributed by atoms with Crippen molar-refractivity contribution in [1.82, 2.24) is 0 Å². The zero-order valence-electron chi connectivity index (χ0n) is 15.6. The molecule has 0 unspecified atom stereocenters. The Balaban J connectivity index is 1.83. The second-order valence-electron chi connectivity index (χ2n) is 8.07. The average Bonchev–Trinajstić information content (AvgIpc) is 3.03. The van der Waals surface area contributed by atoms with E-state index < -0.39 is 0 Å². The van der Waals surface area contributed by atoms with Crippen molar-refractivity contribution < 1.29 is 14.2 Å². The van der Waals surface area contributed by atoms with Gasteiger partial charge in [0, 0.05) is 5.92 Å². The van der Waals surface area contributed by atoms with E-state index in [0.29, 0.717) is 13.2 Å². The van der Waals surface area contributed by atoms with Crippen LogP contribution in [-0.4, -0.2) is 27.4 Å². The summed E-state index contributed by atoms with van der Waals surface area (Å²) in [7, 11) is 3.56. The maximum absolute atomic E-state index is 6.24. The van der Waals surface area contributed by atoms with Crippen LogP contribution < -0.4 is 0 Å². The molecular formula is C24H22O3. The second-order valence-corrected chi connectivity index (χ2v) is 8.07. The first-order valence-corrected chi connectivity index (χ1v) is 9.56. The predicted octanol–water partition coefficient (Wildman–Crippen LogP) is 4.14. The lowest BCUT2D eigenvalue weighted by atomic mass is 9.48. The van der Waals surface area contributed by atoms with Crippen LogP contribution in [-0.2, 0) is 19.6 Å². The molecule has 0 aromatic heterocycles. The smallest absolute Gasteiger partial charge is 0.104 e. The standard InChI is InChI=1S/C24H22O3/c1-25-19-11-23-12-20(26-2)22(19)21-15-7-3-5-9-17(15)24(23,14-27-13-23)18-10-6-4-8-16(18)21/h3-12,21-22H,13-14H2,1-2H3. The van der Waals surface area contributed by atoms with Crippen LogP contribution in [0.5, 0.6) is 0 Å². The summed E-state index contributed by atoms with van der Waals surface area (Å²) < 4.78 is 18.2. The molecule has 7 aliphatic rings. The SMILES string of the molecule is COC1=CC23C=C(OC)C1C1c4ccccc4C2(COC3)c2ccccc21. The van der Waals surface area contributed by atoms with Crippen LogP contribution >= 0.6 is 0 Å². The van der Waals surface area contributed by atoms with Gasteiger partial charge in [-0.3, -0.25) is 0 Å². The normalized spacial score (nSPS) is 34.6. The molecule has 0 saturated carbocycles. The minimum Gasteiger partial charge on any atom is -0.501 e. The molecule has 3 nitrogen and oxygen atoms in total. The Hall–Kier alpha value is -2.52. The van der Waals surface area contributed by atoms with Gasteiger partial charge in [0.1, 0.15) is 11.5 Å². The molecule has 1 heterocycles. The van der Waals surface area contributed by atoms with E-state index in [-0.39, 0.29) is 22.7 Å². The molecule has 1 fully saturated rings. The van der Waals surface area contributed by atoms with Gasteiger partial charge < -0.3 is 14.2 Å². The molecule has 3 heteroatoms. The molecule has 2 spiro atoms. The van der Waals surface area contributed by atoms with Crippen molar-refractivity contribution in [2.45, 2.75) is 11.3 Å². The van der Waals surface area contributed by atoms with Crippen LogP contribution in [0.1, 0.15) is 28.2 Å². The lowest BCUT2D eigenvalue weighted by Gasteiger charge is -2.54. The number of hydrogen-bond acceptors (Lipinski definition) is 3. The van der Waals surface area contributed by atoms with Crippen LogP contribution in [0, 0.1) is 11.3 Å². The van der Waals surface area contributed by atoms with Crippen molar-refractivity contribution in [2.75, 3.05) is 27.4 Å². The highest BCUT2D eigenvalue weighted by Gasteiger charge is 2.64. The van der Waals surface area contributed by atoms with Gasteiger partial charge in [0.05, 0.1) is 44.2 Å². The van der Waals surface area contributed by atoms with Gasteiger partial charge in [0.25, 0.3) is 0 Å². The van der Waals surface area contributed by atoms with Crippen molar-refractivity contribution >= 4 is 0 Å². The summed E-state index contributed by atoms with van der Waals surface area (Å²) in [6, 6.07) is 17.8. The van der Waals surface area contributed by atoms with Gasteiger partial charge in [-0.25, -0.2) is 0 Å². The van der Waals surface area contributed by atoms with Crippen molar-refractivity contribution in [3.63, 3.8) is 0 Å². The lowest BCUT2D eigenvalue weighted by Crippen LogP contribution is -2.52. The van der Waals surface area contributed by atoms with Crippen LogP contribution in [0.15, 0.2) is 72.2 Å². The third-order valence-electron chi connectivity index (χ3n) is 7.18. The van der Waals surface area contributed by atoms with Crippen LogP contribution in [0.2, 0.25) is 0 Å². The fourth-order valence-electron chi connectivity index (χ4n) is 6.17. The Morgan fingerprint density at radius 3 is 1.89 bits per heavy atom. The third-order valence-corrected chi connectivity index (χ3v) is 7.18. The average molecular weight is 358 g/mol. The Labute approximate surface area is 159 Å². The summed E-state index contributed by atoms with van der Waals surface area (Å²) in [4.78, 5) is 0. The molecule has 9 rings (SSSR count). The zero-order valence-corrected chi connectivity index (χ0v) is 15.6. The minimum atomic E-state index is -0.308. The van der Waals surface area contributed by atoms with E-state index in [1.54, 1.807) is 14.2 Å². The molecule has 27 heavy (non-hydrogen) atoms. The number of rotatable bonds is 2. The fraction of sp³-hybridized carbons (Fsp3) is 0.333. The molecular weight excluding hydrogens is 336 g/mol. The summed E-state index contributed by atoms with van der Waals surface area (Å²) in [6.45, 7) is 1.30. The largest absolute Gasteiger partial charge is 0.501 e. The monoisotopic (exact) mass is 358 g/mol. The molecule has 1 saturated heterocycles. The summed E-state index contributed by atoms with van der Waals surface area (Å²) >= 11 is 0. The molecule has 2 aromatic carbocycles. The van der Waals surface area contributed by atoms with E-state index in [2.05, 4.69) is 60.7 Å². The summed E-state index contributed by atoms with van der Waals surface area (Å²) in [5, 5.41) is 0. The predicted molar refractivity (Wildman–Crippen MR) is 102 cm³/mol. The zero-order chi connectivity index (χ0) is 18.2. The fourth-order valence-corrected chi connectivity index (χ4v) is 6.17. The topological polar surface area (TPSA) is 27.7 Å². The Bertz CT molecular complexity index is 946. The molecule has 4 bridgehead atoms. The third kappa shape index (κ3) is 1.59. The first-order chi connectivity index (χ1) is 13.3. The molecule has 0 radical (unpaired) electrons. The molecule has 6 aliphatic carbocycles. The van der Waals surface area contributed by atoms with E-state index in [4.69, 9.17) is 14.2 Å². The first kappa shape index (κ1) is 15.5. The lowest BCUT2D eigenvalue weighted by molar-refractivity contribution is 0.145. The number of methoxy groups -OCH3 is 2. The molecule has 0 amide bonds. The highest BCUT2D eigenvalue weighted by Crippen LogP contribution is 2.66. The highest BCUT2D eigenvalue weighted by molar-refractivity contribution is 5.65. The van der Waals surface area contributed by atoms with Gasteiger partial charge in [0.15, 0.2) is 0 Å². The first-order valence-electron chi connectivity index (χ1n) is 9.56. The highest BCUT2D eigenvalue weighted by atomic mass is 16.5. The van der Waals surface area contributed by atoms with Gasteiger partial charge in [-0.1, -0.05) is 48.5 Å². The van der Waals surface area contributed by atoms with E-state index in [1.807, 2.05) is 0 Å². The second kappa shape index (κ2) is 5.05. The van der Waals surface area contributed by atoms with Crippen LogP contribution in [0.3, 0.4) is 0 Å². The molecule has 0 atom stereocenters. The molecule has 136 valence electrons. The van der Waals surface area contributed by atoms with Crippen molar-refractivity contribution in [2.24, 2.45) is 11.3 Å².